The van der Waals surface area contributed by atoms with Crippen LogP contribution in [0.5, 0.6) is 0 Å². The third kappa shape index (κ3) is 4.20. The molecule has 2 aromatic carbocycles. The van der Waals surface area contributed by atoms with Crippen LogP contribution in [0.3, 0.4) is 0 Å². The number of hydrogen-bond acceptors (Lipinski definition) is 2. The van der Waals surface area contributed by atoms with Gasteiger partial charge in [-0.05, 0) is 50.0 Å². The average Bonchev–Trinajstić information content (AvgIpc) is 2.58. The summed E-state index contributed by atoms with van der Waals surface area (Å²) in [5.74, 6) is 0.292. The van der Waals surface area contributed by atoms with Crippen LogP contribution in [-0.2, 0) is 11.3 Å². The van der Waals surface area contributed by atoms with Gasteiger partial charge in [0.25, 0.3) is 0 Å². The zero-order valence-corrected chi connectivity index (χ0v) is 13.7. The van der Waals surface area contributed by atoms with Gasteiger partial charge < -0.3 is 5.32 Å². The minimum Gasteiger partial charge on any atom is -0.326 e. The van der Waals surface area contributed by atoms with Crippen LogP contribution < -0.4 is 5.32 Å². The van der Waals surface area contributed by atoms with E-state index in [9.17, 15) is 4.79 Å². The van der Waals surface area contributed by atoms with Crippen molar-refractivity contribution in [3.05, 3.63) is 65.7 Å². The van der Waals surface area contributed by atoms with E-state index in [4.69, 9.17) is 0 Å². The molecular weight excluding hydrogens is 284 g/mol. The monoisotopic (exact) mass is 308 g/mol. The van der Waals surface area contributed by atoms with Gasteiger partial charge in [-0.3, -0.25) is 9.69 Å². The zero-order valence-electron chi connectivity index (χ0n) is 13.7. The summed E-state index contributed by atoms with van der Waals surface area (Å²) in [5, 5.41) is 3.09. The predicted molar refractivity (Wildman–Crippen MR) is 94.3 cm³/mol. The third-order valence-electron chi connectivity index (χ3n) is 4.61. The lowest BCUT2D eigenvalue weighted by Gasteiger charge is -2.31. The van der Waals surface area contributed by atoms with Gasteiger partial charge >= 0.3 is 0 Å². The van der Waals surface area contributed by atoms with Crippen molar-refractivity contribution in [3.8, 4) is 0 Å². The summed E-state index contributed by atoms with van der Waals surface area (Å²) in [7, 11) is 0. The van der Waals surface area contributed by atoms with Crippen molar-refractivity contribution in [2.45, 2.75) is 26.3 Å². The van der Waals surface area contributed by atoms with Crippen LogP contribution in [0.4, 0.5) is 5.69 Å². The zero-order chi connectivity index (χ0) is 16.1. The number of likely N-dealkylation sites (tertiary alicyclic amines) is 1. The number of para-hydroxylation sites is 1. The number of aryl methyl sites for hydroxylation is 1. The summed E-state index contributed by atoms with van der Waals surface area (Å²) in [6.45, 7) is 4.98. The maximum atomic E-state index is 12.5. The Labute approximate surface area is 138 Å². The first-order chi connectivity index (χ1) is 11.2. The second-order valence-corrected chi connectivity index (χ2v) is 6.34. The molecular formula is C20H24N2O. The molecule has 1 aliphatic rings. The SMILES string of the molecule is Cc1ccccc1NC(=O)C1CCN(Cc2ccccc2)CC1. The van der Waals surface area contributed by atoms with Crippen LogP contribution in [0.25, 0.3) is 0 Å². The highest BCUT2D eigenvalue weighted by atomic mass is 16.1. The van der Waals surface area contributed by atoms with Crippen molar-refractivity contribution >= 4 is 11.6 Å². The van der Waals surface area contributed by atoms with Gasteiger partial charge in [0.1, 0.15) is 0 Å². The van der Waals surface area contributed by atoms with Crippen LogP contribution in [-0.4, -0.2) is 23.9 Å². The first-order valence-corrected chi connectivity index (χ1v) is 8.35. The Kier molecular flexibility index (Phi) is 5.09. The van der Waals surface area contributed by atoms with Crippen LogP contribution in [0.2, 0.25) is 0 Å². The van der Waals surface area contributed by atoms with Crippen molar-refractivity contribution in [3.63, 3.8) is 0 Å². The van der Waals surface area contributed by atoms with E-state index in [0.717, 1.165) is 43.7 Å². The molecule has 3 nitrogen and oxygen atoms in total. The van der Waals surface area contributed by atoms with Gasteiger partial charge in [0, 0.05) is 18.2 Å². The highest BCUT2D eigenvalue weighted by molar-refractivity contribution is 5.93. The molecule has 1 amide bonds. The first-order valence-electron chi connectivity index (χ1n) is 8.35. The van der Waals surface area contributed by atoms with Gasteiger partial charge in [-0.1, -0.05) is 48.5 Å². The normalized spacial score (nSPS) is 16.2. The lowest BCUT2D eigenvalue weighted by Crippen LogP contribution is -2.37. The van der Waals surface area contributed by atoms with E-state index < -0.39 is 0 Å². The fourth-order valence-corrected chi connectivity index (χ4v) is 3.14. The highest BCUT2D eigenvalue weighted by Gasteiger charge is 2.25. The van der Waals surface area contributed by atoms with E-state index in [1.165, 1.54) is 5.56 Å². The second kappa shape index (κ2) is 7.42. The topological polar surface area (TPSA) is 32.3 Å². The first kappa shape index (κ1) is 15.8. The minimum atomic E-state index is 0.127. The van der Waals surface area contributed by atoms with Crippen molar-refractivity contribution in [2.24, 2.45) is 5.92 Å². The number of nitrogens with zero attached hydrogens (tertiary/aromatic N) is 1. The van der Waals surface area contributed by atoms with E-state index in [2.05, 4.69) is 34.5 Å². The quantitative estimate of drug-likeness (QED) is 0.930. The molecule has 1 aliphatic heterocycles. The van der Waals surface area contributed by atoms with Crippen molar-refractivity contribution in [1.82, 2.24) is 4.90 Å². The molecule has 0 aliphatic carbocycles. The summed E-state index contributed by atoms with van der Waals surface area (Å²) >= 11 is 0. The van der Waals surface area contributed by atoms with Gasteiger partial charge in [0.05, 0.1) is 0 Å². The molecule has 23 heavy (non-hydrogen) atoms. The average molecular weight is 308 g/mol. The number of carbonyl (C=O) groups excluding carboxylic acids is 1. The van der Waals surface area contributed by atoms with Gasteiger partial charge in [0.15, 0.2) is 0 Å². The molecule has 120 valence electrons. The Morgan fingerprint density at radius 2 is 1.70 bits per heavy atom. The van der Waals surface area contributed by atoms with E-state index in [0.29, 0.717) is 0 Å². The van der Waals surface area contributed by atoms with E-state index in [-0.39, 0.29) is 11.8 Å². The minimum absolute atomic E-state index is 0.127. The Balaban J connectivity index is 1.50. The van der Waals surface area contributed by atoms with Gasteiger partial charge in [-0.15, -0.1) is 0 Å². The number of anilines is 1. The maximum absolute atomic E-state index is 12.5. The summed E-state index contributed by atoms with van der Waals surface area (Å²) in [6.07, 6.45) is 1.87. The van der Waals surface area contributed by atoms with Gasteiger partial charge in [0.2, 0.25) is 5.91 Å². The highest BCUT2D eigenvalue weighted by Crippen LogP contribution is 2.22. The van der Waals surface area contributed by atoms with Crippen LogP contribution in [0.1, 0.15) is 24.0 Å². The number of carbonyl (C=O) groups is 1. The molecule has 1 fully saturated rings. The fourth-order valence-electron chi connectivity index (χ4n) is 3.14. The molecule has 0 spiro atoms. The van der Waals surface area contributed by atoms with E-state index in [1.54, 1.807) is 0 Å². The number of hydrogen-bond donors (Lipinski definition) is 1. The Bertz CT molecular complexity index is 646. The molecule has 0 aromatic heterocycles. The maximum Gasteiger partial charge on any atom is 0.227 e. The second-order valence-electron chi connectivity index (χ2n) is 6.34. The molecule has 1 heterocycles. The molecule has 1 saturated heterocycles. The molecule has 0 unspecified atom stereocenters. The molecule has 2 aromatic rings. The number of piperidine rings is 1. The molecule has 0 atom stereocenters. The Morgan fingerprint density at radius 1 is 1.04 bits per heavy atom. The summed E-state index contributed by atoms with van der Waals surface area (Å²) in [5.41, 5.74) is 3.39. The van der Waals surface area contributed by atoms with E-state index >= 15 is 0 Å². The molecule has 3 rings (SSSR count). The van der Waals surface area contributed by atoms with Crippen LogP contribution in [0.15, 0.2) is 54.6 Å². The summed E-state index contributed by atoms with van der Waals surface area (Å²) in [4.78, 5) is 14.9. The predicted octanol–water partition coefficient (Wildman–Crippen LogP) is 3.85. The van der Waals surface area contributed by atoms with Crippen molar-refractivity contribution in [2.75, 3.05) is 18.4 Å². The van der Waals surface area contributed by atoms with Crippen LogP contribution in [0, 0.1) is 12.8 Å². The Hall–Kier alpha value is -2.13. The standard InChI is InChI=1S/C20H24N2O/c1-16-7-5-6-10-19(16)21-20(23)18-11-13-22(14-12-18)15-17-8-3-2-4-9-17/h2-10,18H,11-15H2,1H3,(H,21,23). The summed E-state index contributed by atoms with van der Waals surface area (Å²) < 4.78 is 0. The van der Waals surface area contributed by atoms with Crippen molar-refractivity contribution < 1.29 is 4.79 Å². The fraction of sp³-hybridized carbons (Fsp3) is 0.350. The molecule has 0 saturated carbocycles. The number of benzene rings is 2. The molecule has 1 N–H and O–H groups in total. The molecule has 3 heteroatoms. The van der Waals surface area contributed by atoms with Gasteiger partial charge in [-0.2, -0.15) is 0 Å². The smallest absolute Gasteiger partial charge is 0.227 e. The summed E-state index contributed by atoms with van der Waals surface area (Å²) in [6, 6.07) is 18.5. The third-order valence-corrected chi connectivity index (χ3v) is 4.61. The lowest BCUT2D eigenvalue weighted by molar-refractivity contribution is -0.121. The Morgan fingerprint density at radius 3 is 2.39 bits per heavy atom. The largest absolute Gasteiger partial charge is 0.326 e. The molecule has 0 radical (unpaired) electrons. The van der Waals surface area contributed by atoms with E-state index in [1.807, 2.05) is 37.3 Å². The number of nitrogens with one attached hydrogen (secondary N) is 1. The number of rotatable bonds is 4. The number of amides is 1. The lowest BCUT2D eigenvalue weighted by atomic mass is 9.95. The van der Waals surface area contributed by atoms with Gasteiger partial charge in [-0.25, -0.2) is 0 Å². The molecule has 0 bridgehead atoms. The van der Waals surface area contributed by atoms with Crippen molar-refractivity contribution in [1.29, 1.82) is 0 Å². The van der Waals surface area contributed by atoms with Crippen LogP contribution >= 0.6 is 0 Å².